The fraction of sp³-hybridized carbons (Fsp3) is 0.286. The third-order valence-electron chi connectivity index (χ3n) is 3.13. The lowest BCUT2D eigenvalue weighted by Crippen LogP contribution is -2.24. The van der Waals surface area contributed by atoms with Gasteiger partial charge in [0.1, 0.15) is 6.33 Å². The van der Waals surface area contributed by atoms with Crippen LogP contribution in [0, 0.1) is 0 Å². The van der Waals surface area contributed by atoms with Gasteiger partial charge < -0.3 is 5.32 Å². The van der Waals surface area contributed by atoms with Crippen molar-refractivity contribution in [3.63, 3.8) is 0 Å². The Labute approximate surface area is 111 Å². The molecule has 0 fully saturated rings. The molecule has 1 aromatic heterocycles. The van der Waals surface area contributed by atoms with Crippen LogP contribution >= 0.6 is 11.8 Å². The molecule has 4 heteroatoms. The Bertz CT molecular complexity index is 515. The van der Waals surface area contributed by atoms with Gasteiger partial charge in [0.15, 0.2) is 0 Å². The average Bonchev–Trinajstić information content (AvgIpc) is 2.46. The van der Waals surface area contributed by atoms with Crippen LogP contribution < -0.4 is 5.32 Å². The largest absolute Gasteiger partial charge is 0.306 e. The van der Waals surface area contributed by atoms with E-state index in [0.717, 1.165) is 12.1 Å². The number of nitrogens with one attached hydrogen (secondary N) is 1. The number of thioether (sulfide) groups is 1. The lowest BCUT2D eigenvalue weighted by Gasteiger charge is -2.25. The highest BCUT2D eigenvalue weighted by atomic mass is 32.2. The molecule has 1 atom stereocenters. The zero-order chi connectivity index (χ0) is 12.2. The fourth-order valence-corrected chi connectivity index (χ4v) is 3.34. The summed E-state index contributed by atoms with van der Waals surface area (Å²) in [6.07, 6.45) is 6.47. The van der Waals surface area contributed by atoms with Crippen molar-refractivity contribution in [1.82, 2.24) is 15.3 Å². The van der Waals surface area contributed by atoms with Gasteiger partial charge >= 0.3 is 0 Å². The van der Waals surface area contributed by atoms with E-state index in [4.69, 9.17) is 0 Å². The first-order valence-corrected chi connectivity index (χ1v) is 7.11. The Balaban J connectivity index is 1.71. The molecule has 1 N–H and O–H groups in total. The quantitative estimate of drug-likeness (QED) is 0.917. The summed E-state index contributed by atoms with van der Waals surface area (Å²) in [7, 11) is 0. The number of hydrogen-bond donors (Lipinski definition) is 1. The predicted molar refractivity (Wildman–Crippen MR) is 73.4 cm³/mol. The Morgan fingerprint density at radius 1 is 1.22 bits per heavy atom. The standard InChI is InChI=1S/C14H15N3S/c1-2-4-14-12(3-1)13(5-6-18-14)17-9-11-7-15-10-16-8-11/h1-4,7-8,10,13,17H,5-6,9H2. The van der Waals surface area contributed by atoms with E-state index in [1.807, 2.05) is 24.2 Å². The number of fused-ring (bicyclic) bond motifs is 1. The summed E-state index contributed by atoms with van der Waals surface area (Å²) in [6.45, 7) is 0.824. The Hall–Kier alpha value is -1.39. The smallest absolute Gasteiger partial charge is 0.115 e. The first-order valence-electron chi connectivity index (χ1n) is 6.12. The van der Waals surface area contributed by atoms with Crippen LogP contribution in [0.1, 0.15) is 23.6 Å². The molecule has 2 heterocycles. The molecule has 0 aliphatic carbocycles. The summed E-state index contributed by atoms with van der Waals surface area (Å²) >= 11 is 1.95. The van der Waals surface area contributed by atoms with Crippen LogP contribution in [-0.4, -0.2) is 15.7 Å². The van der Waals surface area contributed by atoms with Crippen molar-refractivity contribution in [1.29, 1.82) is 0 Å². The third kappa shape index (κ3) is 2.54. The van der Waals surface area contributed by atoms with Gasteiger partial charge in [-0.15, -0.1) is 11.8 Å². The van der Waals surface area contributed by atoms with Gasteiger partial charge in [-0.05, 0) is 23.8 Å². The second kappa shape index (κ2) is 5.50. The minimum atomic E-state index is 0.447. The molecule has 0 spiro atoms. The maximum absolute atomic E-state index is 4.04. The summed E-state index contributed by atoms with van der Waals surface area (Å²) in [5, 5.41) is 3.60. The van der Waals surface area contributed by atoms with Crippen molar-refractivity contribution in [3.05, 3.63) is 54.1 Å². The van der Waals surface area contributed by atoms with Gasteiger partial charge in [0.05, 0.1) is 0 Å². The molecule has 0 bridgehead atoms. The van der Waals surface area contributed by atoms with E-state index >= 15 is 0 Å². The van der Waals surface area contributed by atoms with Gasteiger partial charge in [-0.3, -0.25) is 0 Å². The highest BCUT2D eigenvalue weighted by Gasteiger charge is 2.19. The SMILES string of the molecule is c1ccc2c(c1)SCCC2NCc1cncnc1. The summed E-state index contributed by atoms with van der Waals surface area (Å²) in [5.74, 6) is 1.18. The van der Waals surface area contributed by atoms with Crippen LogP contribution in [0.2, 0.25) is 0 Å². The summed E-state index contributed by atoms with van der Waals surface area (Å²) < 4.78 is 0. The van der Waals surface area contributed by atoms with Crippen molar-refractivity contribution in [2.75, 3.05) is 5.75 Å². The average molecular weight is 257 g/mol. The first-order chi connectivity index (χ1) is 8.93. The van der Waals surface area contributed by atoms with E-state index in [1.54, 1.807) is 6.33 Å². The van der Waals surface area contributed by atoms with Gasteiger partial charge in [-0.25, -0.2) is 9.97 Å². The van der Waals surface area contributed by atoms with Crippen LogP contribution in [0.5, 0.6) is 0 Å². The number of benzene rings is 1. The number of rotatable bonds is 3. The maximum atomic E-state index is 4.04. The Morgan fingerprint density at radius 2 is 2.06 bits per heavy atom. The van der Waals surface area contributed by atoms with Crippen LogP contribution in [0.25, 0.3) is 0 Å². The molecule has 2 aromatic rings. The predicted octanol–water partition coefficient (Wildman–Crippen LogP) is 2.80. The van der Waals surface area contributed by atoms with Crippen LogP contribution in [0.4, 0.5) is 0 Å². The molecule has 18 heavy (non-hydrogen) atoms. The van der Waals surface area contributed by atoms with E-state index in [0.29, 0.717) is 6.04 Å². The topological polar surface area (TPSA) is 37.8 Å². The maximum Gasteiger partial charge on any atom is 0.115 e. The molecule has 1 aliphatic rings. The minimum absolute atomic E-state index is 0.447. The van der Waals surface area contributed by atoms with Gasteiger partial charge in [-0.2, -0.15) is 0 Å². The van der Waals surface area contributed by atoms with Crippen LogP contribution in [0.15, 0.2) is 47.9 Å². The van der Waals surface area contributed by atoms with Crippen molar-refractivity contribution < 1.29 is 0 Å². The third-order valence-corrected chi connectivity index (χ3v) is 4.25. The number of nitrogens with zero attached hydrogens (tertiary/aromatic N) is 2. The normalized spacial score (nSPS) is 18.3. The van der Waals surface area contributed by atoms with E-state index in [9.17, 15) is 0 Å². The minimum Gasteiger partial charge on any atom is -0.306 e. The Morgan fingerprint density at radius 3 is 2.94 bits per heavy atom. The zero-order valence-electron chi connectivity index (χ0n) is 10.0. The molecular formula is C14H15N3S. The van der Waals surface area contributed by atoms with Crippen molar-refractivity contribution in [2.45, 2.75) is 23.9 Å². The van der Waals surface area contributed by atoms with E-state index in [1.165, 1.54) is 22.6 Å². The van der Waals surface area contributed by atoms with Crippen LogP contribution in [0.3, 0.4) is 0 Å². The monoisotopic (exact) mass is 257 g/mol. The molecule has 3 rings (SSSR count). The van der Waals surface area contributed by atoms with Crippen molar-refractivity contribution >= 4 is 11.8 Å². The molecule has 92 valence electrons. The summed E-state index contributed by atoms with van der Waals surface area (Å²) in [4.78, 5) is 9.48. The molecular weight excluding hydrogens is 242 g/mol. The molecule has 1 unspecified atom stereocenters. The number of hydrogen-bond acceptors (Lipinski definition) is 4. The summed E-state index contributed by atoms with van der Waals surface area (Å²) in [5.41, 5.74) is 2.55. The van der Waals surface area contributed by atoms with Gasteiger partial charge in [0, 0.05) is 35.4 Å². The second-order valence-electron chi connectivity index (χ2n) is 4.36. The zero-order valence-corrected chi connectivity index (χ0v) is 10.9. The van der Waals surface area contributed by atoms with E-state index < -0.39 is 0 Å². The molecule has 1 aromatic carbocycles. The molecule has 1 aliphatic heterocycles. The van der Waals surface area contributed by atoms with Crippen molar-refractivity contribution in [3.8, 4) is 0 Å². The fourth-order valence-electron chi connectivity index (χ4n) is 2.22. The van der Waals surface area contributed by atoms with Gasteiger partial charge in [-0.1, -0.05) is 18.2 Å². The lowest BCUT2D eigenvalue weighted by atomic mass is 10.0. The van der Waals surface area contributed by atoms with Gasteiger partial charge in [0.2, 0.25) is 0 Å². The highest BCUT2D eigenvalue weighted by Crippen LogP contribution is 2.35. The molecule has 0 amide bonds. The number of aromatic nitrogens is 2. The second-order valence-corrected chi connectivity index (χ2v) is 5.49. The molecule has 0 saturated heterocycles. The molecule has 3 nitrogen and oxygen atoms in total. The van der Waals surface area contributed by atoms with E-state index in [2.05, 4.69) is 39.6 Å². The Kier molecular flexibility index (Phi) is 3.57. The van der Waals surface area contributed by atoms with Crippen LogP contribution in [-0.2, 0) is 6.54 Å². The first kappa shape index (κ1) is 11.7. The van der Waals surface area contributed by atoms with Crippen molar-refractivity contribution in [2.24, 2.45) is 0 Å². The lowest BCUT2D eigenvalue weighted by molar-refractivity contribution is 0.509. The van der Waals surface area contributed by atoms with Gasteiger partial charge in [0.25, 0.3) is 0 Å². The summed E-state index contributed by atoms with van der Waals surface area (Å²) in [6, 6.07) is 9.10. The van der Waals surface area contributed by atoms with E-state index in [-0.39, 0.29) is 0 Å². The molecule has 0 saturated carbocycles. The highest BCUT2D eigenvalue weighted by molar-refractivity contribution is 7.99. The molecule has 0 radical (unpaired) electrons.